The van der Waals surface area contributed by atoms with Gasteiger partial charge >= 0.3 is 0 Å². The molecule has 2 aliphatic heterocycles. The molecule has 0 saturated heterocycles. The second-order valence-electron chi connectivity index (χ2n) is 6.09. The van der Waals surface area contributed by atoms with Crippen molar-refractivity contribution in [2.75, 3.05) is 18.9 Å². The number of amidine groups is 1. The van der Waals surface area contributed by atoms with E-state index in [1.54, 1.807) is 0 Å². The van der Waals surface area contributed by atoms with Crippen LogP contribution in [0.25, 0.3) is 5.57 Å². The van der Waals surface area contributed by atoms with Gasteiger partial charge in [-0.25, -0.2) is 8.42 Å². The van der Waals surface area contributed by atoms with Crippen LogP contribution < -0.4 is 4.74 Å². The highest BCUT2D eigenvalue weighted by Crippen LogP contribution is 2.30. The quantitative estimate of drug-likeness (QED) is 0.851. The Bertz CT molecular complexity index is 803. The van der Waals surface area contributed by atoms with Crippen molar-refractivity contribution in [2.45, 2.75) is 12.8 Å². The molecule has 0 unspecified atom stereocenters. The van der Waals surface area contributed by atoms with Crippen molar-refractivity contribution in [3.63, 3.8) is 0 Å². The first-order chi connectivity index (χ1) is 11.1. The molecule has 0 bridgehead atoms. The van der Waals surface area contributed by atoms with Gasteiger partial charge in [-0.3, -0.25) is 0 Å². The molecule has 1 aromatic rings. The van der Waals surface area contributed by atoms with Crippen molar-refractivity contribution < 1.29 is 13.2 Å². The summed E-state index contributed by atoms with van der Waals surface area (Å²) in [6.45, 7) is 1.22. The zero-order valence-corrected chi connectivity index (χ0v) is 13.5. The van der Waals surface area contributed by atoms with Gasteiger partial charge in [0.2, 0.25) is 0 Å². The molecule has 0 radical (unpaired) electrons. The summed E-state index contributed by atoms with van der Waals surface area (Å²) in [6.07, 6.45) is 8.22. The highest BCUT2D eigenvalue weighted by atomic mass is 32.2. The summed E-state index contributed by atoms with van der Waals surface area (Å²) in [5.41, 5.74) is 1.76. The molecule has 4 rings (SSSR count). The van der Waals surface area contributed by atoms with Crippen molar-refractivity contribution in [1.29, 1.82) is 0 Å². The van der Waals surface area contributed by atoms with Crippen LogP contribution in [-0.4, -0.2) is 38.1 Å². The van der Waals surface area contributed by atoms with Gasteiger partial charge in [-0.15, -0.1) is 4.40 Å². The third kappa shape index (κ3) is 3.17. The van der Waals surface area contributed by atoms with Crippen LogP contribution in [0, 0.1) is 5.92 Å². The van der Waals surface area contributed by atoms with E-state index in [1.165, 1.54) is 12.8 Å². The number of allylic oxidation sites excluding steroid dienone is 2. The Morgan fingerprint density at radius 1 is 1.22 bits per heavy atom. The summed E-state index contributed by atoms with van der Waals surface area (Å²) in [6, 6.07) is 7.77. The van der Waals surface area contributed by atoms with Crippen LogP contribution in [0.5, 0.6) is 5.75 Å². The Morgan fingerprint density at radius 3 is 2.74 bits per heavy atom. The number of fused-ring (bicyclic) bond motifs is 1. The van der Waals surface area contributed by atoms with Crippen LogP contribution >= 0.6 is 0 Å². The molecule has 0 N–H and O–H groups in total. The molecule has 2 heterocycles. The average Bonchev–Trinajstić information content (AvgIpc) is 3.36. The fourth-order valence-electron chi connectivity index (χ4n) is 2.67. The Morgan fingerprint density at radius 2 is 2.00 bits per heavy atom. The second-order valence-corrected chi connectivity index (χ2v) is 7.85. The van der Waals surface area contributed by atoms with Gasteiger partial charge in [-0.05, 0) is 48.6 Å². The molecule has 0 aromatic heterocycles. The van der Waals surface area contributed by atoms with Gasteiger partial charge in [0.25, 0.3) is 10.0 Å². The van der Waals surface area contributed by atoms with Crippen LogP contribution in [0.1, 0.15) is 18.4 Å². The lowest BCUT2D eigenvalue weighted by Gasteiger charge is -2.29. The van der Waals surface area contributed by atoms with Crippen LogP contribution in [-0.2, 0) is 10.0 Å². The van der Waals surface area contributed by atoms with Gasteiger partial charge in [0.05, 0.1) is 12.4 Å². The van der Waals surface area contributed by atoms with Gasteiger partial charge in [0.1, 0.15) is 5.75 Å². The molecule has 23 heavy (non-hydrogen) atoms. The van der Waals surface area contributed by atoms with E-state index in [0.29, 0.717) is 12.4 Å². The van der Waals surface area contributed by atoms with E-state index in [0.717, 1.165) is 29.4 Å². The minimum Gasteiger partial charge on any atom is -0.493 e. The lowest BCUT2D eigenvalue weighted by atomic mass is 10.0. The average molecular weight is 330 g/mol. The van der Waals surface area contributed by atoms with Crippen molar-refractivity contribution in [2.24, 2.45) is 10.3 Å². The van der Waals surface area contributed by atoms with E-state index in [2.05, 4.69) is 4.40 Å². The van der Waals surface area contributed by atoms with E-state index >= 15 is 0 Å². The van der Waals surface area contributed by atoms with E-state index in [4.69, 9.17) is 4.74 Å². The first-order valence-electron chi connectivity index (χ1n) is 7.82. The lowest BCUT2D eigenvalue weighted by Crippen LogP contribution is -2.37. The second kappa shape index (κ2) is 5.53. The van der Waals surface area contributed by atoms with Gasteiger partial charge in [0.15, 0.2) is 5.84 Å². The minimum absolute atomic E-state index is 0.0576. The van der Waals surface area contributed by atoms with E-state index in [1.807, 2.05) is 47.5 Å². The first kappa shape index (κ1) is 14.5. The zero-order valence-electron chi connectivity index (χ0n) is 12.7. The molecule has 1 aromatic carbocycles. The third-order valence-corrected chi connectivity index (χ3v) is 5.36. The molecular formula is C17H18N2O3S. The standard InChI is InChI=1S/C17H18N2O3S/c20-23(21)11-10-19-9-1-2-16(17(19)18-23)14-5-7-15(8-6-14)22-12-13-3-4-13/h1-2,5-9,13H,3-4,10-12H2. The zero-order chi connectivity index (χ0) is 15.9. The number of nitrogens with zero attached hydrogens (tertiary/aromatic N) is 2. The van der Waals surface area contributed by atoms with Crippen LogP contribution in [0.4, 0.5) is 0 Å². The predicted molar refractivity (Wildman–Crippen MR) is 89.7 cm³/mol. The number of benzene rings is 1. The monoisotopic (exact) mass is 330 g/mol. The molecule has 6 heteroatoms. The van der Waals surface area contributed by atoms with E-state index in [9.17, 15) is 8.42 Å². The predicted octanol–water partition coefficient (Wildman–Crippen LogP) is 2.43. The first-order valence-corrected chi connectivity index (χ1v) is 9.43. The SMILES string of the molecule is O=S1(=O)CCN2C=CC=C(c3ccc(OCC4CC4)cc3)C2=N1. The summed E-state index contributed by atoms with van der Waals surface area (Å²) in [5, 5.41) is 0. The van der Waals surface area contributed by atoms with Crippen LogP contribution in [0.15, 0.2) is 47.0 Å². The lowest BCUT2D eigenvalue weighted by molar-refractivity contribution is 0.300. The Labute approximate surface area is 136 Å². The fourth-order valence-corrected chi connectivity index (χ4v) is 3.66. The highest BCUT2D eigenvalue weighted by molar-refractivity contribution is 7.90. The Balaban J connectivity index is 1.59. The summed E-state index contributed by atoms with van der Waals surface area (Å²) in [7, 11) is -3.37. The molecule has 0 amide bonds. The maximum absolute atomic E-state index is 11.8. The van der Waals surface area contributed by atoms with Crippen LogP contribution in [0.3, 0.4) is 0 Å². The number of hydrogen-bond acceptors (Lipinski definition) is 4. The van der Waals surface area contributed by atoms with Gasteiger partial charge in [0, 0.05) is 18.3 Å². The molecule has 0 spiro atoms. The highest BCUT2D eigenvalue weighted by Gasteiger charge is 2.27. The largest absolute Gasteiger partial charge is 0.493 e. The Kier molecular flexibility index (Phi) is 3.49. The van der Waals surface area contributed by atoms with E-state index < -0.39 is 10.0 Å². The molecule has 1 saturated carbocycles. The smallest absolute Gasteiger partial charge is 0.256 e. The number of rotatable bonds is 4. The summed E-state index contributed by atoms with van der Waals surface area (Å²) in [5.74, 6) is 2.13. The molecular weight excluding hydrogens is 312 g/mol. The number of hydrogen-bond donors (Lipinski definition) is 0. The summed E-state index contributed by atoms with van der Waals surface area (Å²) >= 11 is 0. The fraction of sp³-hybridized carbons (Fsp3) is 0.353. The van der Waals surface area contributed by atoms with E-state index in [-0.39, 0.29) is 5.75 Å². The number of sulfonamides is 1. The van der Waals surface area contributed by atoms with Gasteiger partial charge < -0.3 is 9.64 Å². The molecule has 1 aliphatic carbocycles. The number of ether oxygens (including phenoxy) is 1. The van der Waals surface area contributed by atoms with Gasteiger partial charge in [-0.2, -0.15) is 0 Å². The topological polar surface area (TPSA) is 59.0 Å². The third-order valence-electron chi connectivity index (χ3n) is 4.21. The van der Waals surface area contributed by atoms with Crippen molar-refractivity contribution in [3.8, 4) is 5.75 Å². The molecule has 120 valence electrons. The van der Waals surface area contributed by atoms with Crippen molar-refractivity contribution in [3.05, 3.63) is 48.2 Å². The van der Waals surface area contributed by atoms with Gasteiger partial charge in [-0.1, -0.05) is 12.1 Å². The summed E-state index contributed by atoms with van der Waals surface area (Å²) in [4.78, 5) is 1.88. The molecule has 3 aliphatic rings. The minimum atomic E-state index is -3.37. The Hall–Kier alpha value is -2.08. The summed E-state index contributed by atoms with van der Waals surface area (Å²) < 4.78 is 33.3. The molecule has 5 nitrogen and oxygen atoms in total. The maximum atomic E-state index is 11.8. The maximum Gasteiger partial charge on any atom is 0.256 e. The molecule has 0 atom stereocenters. The van der Waals surface area contributed by atoms with Crippen LogP contribution in [0.2, 0.25) is 0 Å². The van der Waals surface area contributed by atoms with Crippen molar-refractivity contribution >= 4 is 21.4 Å². The normalized spacial score (nSPS) is 22.2. The van der Waals surface area contributed by atoms with Crippen molar-refractivity contribution in [1.82, 2.24) is 4.90 Å². The molecule has 1 fully saturated rings.